The van der Waals surface area contributed by atoms with Crippen molar-refractivity contribution < 1.29 is 15.0 Å². The summed E-state index contributed by atoms with van der Waals surface area (Å²) in [6, 6.07) is 5.49. The smallest absolute Gasteiger partial charge is 0.328 e. The van der Waals surface area contributed by atoms with E-state index in [2.05, 4.69) is 15.0 Å². The molecule has 0 aliphatic heterocycles. The van der Waals surface area contributed by atoms with Crippen LogP contribution >= 0.6 is 0 Å². The monoisotopic (exact) mass is 259 g/mol. The fraction of sp³-hybridized carbons (Fsp3) is 0.154. The highest BCUT2D eigenvalue weighted by atomic mass is 16.4. The standard InChI is InChI=1S/C13H13N3O3/c17-11-3-1-9(2-4-11)6-15-12(13(18)19)5-10-7-14-8-16-10/h1-4,6-8,12,17H,5H2,(H,14,16)(H,18,19). The summed E-state index contributed by atoms with van der Waals surface area (Å²) in [5.74, 6) is -0.839. The lowest BCUT2D eigenvalue weighted by Gasteiger charge is -2.05. The largest absolute Gasteiger partial charge is 0.508 e. The van der Waals surface area contributed by atoms with E-state index >= 15 is 0 Å². The predicted molar refractivity (Wildman–Crippen MR) is 69.4 cm³/mol. The molecule has 2 rings (SSSR count). The summed E-state index contributed by atoms with van der Waals surface area (Å²) in [5.41, 5.74) is 1.45. The molecule has 0 saturated heterocycles. The van der Waals surface area contributed by atoms with Crippen LogP contribution in [0.1, 0.15) is 11.3 Å². The highest BCUT2D eigenvalue weighted by Gasteiger charge is 2.16. The van der Waals surface area contributed by atoms with Gasteiger partial charge >= 0.3 is 5.97 Å². The van der Waals surface area contributed by atoms with Gasteiger partial charge in [0.1, 0.15) is 5.75 Å². The lowest BCUT2D eigenvalue weighted by molar-refractivity contribution is -0.138. The normalized spacial score (nSPS) is 12.6. The fourth-order valence-electron chi connectivity index (χ4n) is 1.54. The molecule has 0 radical (unpaired) electrons. The predicted octanol–water partition coefficient (Wildman–Crippen LogP) is 1.23. The number of aliphatic imine (C=N–C) groups is 1. The van der Waals surface area contributed by atoms with E-state index in [1.807, 2.05) is 0 Å². The zero-order valence-corrected chi connectivity index (χ0v) is 10.0. The molecule has 0 saturated carbocycles. The minimum Gasteiger partial charge on any atom is -0.508 e. The molecule has 0 aliphatic rings. The van der Waals surface area contributed by atoms with E-state index in [1.165, 1.54) is 24.7 Å². The molecule has 1 unspecified atom stereocenters. The summed E-state index contributed by atoms with van der Waals surface area (Å²) in [5, 5.41) is 18.2. The third-order valence-electron chi connectivity index (χ3n) is 2.55. The number of imidazole rings is 1. The maximum Gasteiger partial charge on any atom is 0.328 e. The first-order valence-electron chi connectivity index (χ1n) is 5.67. The SMILES string of the molecule is O=C(O)C(Cc1cnc[nH]1)N=Cc1ccc(O)cc1. The van der Waals surface area contributed by atoms with Crippen LogP contribution in [0.3, 0.4) is 0 Å². The average Bonchev–Trinajstić information content (AvgIpc) is 2.89. The summed E-state index contributed by atoms with van der Waals surface area (Å²) < 4.78 is 0. The van der Waals surface area contributed by atoms with Crippen LogP contribution in [0, 0.1) is 0 Å². The van der Waals surface area contributed by atoms with Crippen LogP contribution in [0.25, 0.3) is 0 Å². The van der Waals surface area contributed by atoms with Crippen molar-refractivity contribution in [2.75, 3.05) is 0 Å². The third-order valence-corrected chi connectivity index (χ3v) is 2.55. The van der Waals surface area contributed by atoms with Crippen LogP contribution in [-0.2, 0) is 11.2 Å². The first kappa shape index (κ1) is 12.8. The van der Waals surface area contributed by atoms with E-state index in [0.29, 0.717) is 0 Å². The molecule has 98 valence electrons. The number of rotatable bonds is 5. The van der Waals surface area contributed by atoms with E-state index in [-0.39, 0.29) is 12.2 Å². The van der Waals surface area contributed by atoms with Gasteiger partial charge in [-0.2, -0.15) is 0 Å². The molecule has 0 aliphatic carbocycles. The molecular formula is C13H13N3O3. The first-order valence-corrected chi connectivity index (χ1v) is 5.67. The summed E-state index contributed by atoms with van der Waals surface area (Å²) in [6.45, 7) is 0. The number of hydrogen-bond acceptors (Lipinski definition) is 4. The van der Waals surface area contributed by atoms with Crippen molar-refractivity contribution in [2.24, 2.45) is 4.99 Å². The Morgan fingerprint density at radius 2 is 2.16 bits per heavy atom. The Kier molecular flexibility index (Phi) is 3.92. The quantitative estimate of drug-likeness (QED) is 0.703. The van der Waals surface area contributed by atoms with Gasteiger partial charge in [0.15, 0.2) is 6.04 Å². The van der Waals surface area contributed by atoms with E-state index in [9.17, 15) is 4.79 Å². The first-order chi connectivity index (χ1) is 9.15. The molecule has 0 amide bonds. The third kappa shape index (κ3) is 3.67. The Balaban J connectivity index is 2.08. The number of hydrogen-bond donors (Lipinski definition) is 3. The van der Waals surface area contributed by atoms with Crippen molar-refractivity contribution in [2.45, 2.75) is 12.5 Å². The van der Waals surface area contributed by atoms with Crippen molar-refractivity contribution in [3.05, 3.63) is 48.0 Å². The molecule has 1 aromatic heterocycles. The molecule has 6 nitrogen and oxygen atoms in total. The second-order valence-electron chi connectivity index (χ2n) is 4.00. The van der Waals surface area contributed by atoms with Gasteiger partial charge in [-0.1, -0.05) is 0 Å². The number of carboxylic acid groups (broad SMARTS) is 1. The molecule has 6 heteroatoms. The van der Waals surface area contributed by atoms with E-state index in [4.69, 9.17) is 10.2 Å². The minimum atomic E-state index is -0.996. The van der Waals surface area contributed by atoms with Gasteiger partial charge in [0, 0.05) is 24.5 Å². The Hall–Kier alpha value is -2.63. The average molecular weight is 259 g/mol. The Morgan fingerprint density at radius 1 is 1.42 bits per heavy atom. The molecule has 3 N–H and O–H groups in total. The van der Waals surface area contributed by atoms with Crippen LogP contribution < -0.4 is 0 Å². The number of aromatic hydroxyl groups is 1. The maximum absolute atomic E-state index is 11.1. The van der Waals surface area contributed by atoms with Crippen LogP contribution in [0.4, 0.5) is 0 Å². The number of aromatic nitrogens is 2. The lowest BCUT2D eigenvalue weighted by atomic mass is 10.1. The highest BCUT2D eigenvalue weighted by molar-refractivity contribution is 5.83. The Morgan fingerprint density at radius 3 is 2.74 bits per heavy atom. The number of H-pyrrole nitrogens is 1. The van der Waals surface area contributed by atoms with E-state index < -0.39 is 12.0 Å². The molecule has 19 heavy (non-hydrogen) atoms. The van der Waals surface area contributed by atoms with Gasteiger partial charge in [-0.3, -0.25) is 4.99 Å². The summed E-state index contributed by atoms with van der Waals surface area (Å²) in [7, 11) is 0. The molecule has 1 heterocycles. The molecular weight excluding hydrogens is 246 g/mol. The topological polar surface area (TPSA) is 98.6 Å². The zero-order valence-electron chi connectivity index (χ0n) is 10.0. The fourth-order valence-corrected chi connectivity index (χ4v) is 1.54. The number of aromatic amines is 1. The second-order valence-corrected chi connectivity index (χ2v) is 4.00. The molecule has 2 aromatic rings. The highest BCUT2D eigenvalue weighted by Crippen LogP contribution is 2.09. The summed E-state index contributed by atoms with van der Waals surface area (Å²) in [6.07, 6.45) is 4.81. The van der Waals surface area contributed by atoms with Crippen molar-refractivity contribution in [3.8, 4) is 5.75 Å². The van der Waals surface area contributed by atoms with Gasteiger partial charge in [-0.25, -0.2) is 9.78 Å². The van der Waals surface area contributed by atoms with Gasteiger partial charge in [-0.15, -0.1) is 0 Å². The van der Waals surface area contributed by atoms with Crippen molar-refractivity contribution >= 4 is 12.2 Å². The number of carboxylic acids is 1. The van der Waals surface area contributed by atoms with Crippen LogP contribution in [0.5, 0.6) is 5.75 Å². The van der Waals surface area contributed by atoms with Gasteiger partial charge in [-0.05, 0) is 29.8 Å². The number of nitrogens with one attached hydrogen (secondary N) is 1. The zero-order chi connectivity index (χ0) is 13.7. The molecule has 0 fully saturated rings. The van der Waals surface area contributed by atoms with Gasteiger partial charge in [0.25, 0.3) is 0 Å². The summed E-state index contributed by atoms with van der Waals surface area (Å²) >= 11 is 0. The number of benzene rings is 1. The number of phenols is 1. The van der Waals surface area contributed by atoms with Gasteiger partial charge in [0.05, 0.1) is 6.33 Å². The molecule has 1 aromatic carbocycles. The molecule has 0 spiro atoms. The van der Waals surface area contributed by atoms with Gasteiger partial charge < -0.3 is 15.2 Å². The van der Waals surface area contributed by atoms with Crippen molar-refractivity contribution in [1.29, 1.82) is 0 Å². The summed E-state index contributed by atoms with van der Waals surface area (Å²) in [4.78, 5) is 21.8. The minimum absolute atomic E-state index is 0.157. The van der Waals surface area contributed by atoms with E-state index in [1.54, 1.807) is 18.3 Å². The van der Waals surface area contributed by atoms with Crippen LogP contribution in [0.15, 0.2) is 41.8 Å². The van der Waals surface area contributed by atoms with E-state index in [0.717, 1.165) is 11.3 Å². The maximum atomic E-state index is 11.1. The Bertz CT molecular complexity index is 561. The molecule has 0 bridgehead atoms. The van der Waals surface area contributed by atoms with Crippen molar-refractivity contribution in [3.63, 3.8) is 0 Å². The molecule has 1 atom stereocenters. The Labute approximate surface area is 109 Å². The number of phenolic OH excluding ortho intramolecular Hbond substituents is 1. The van der Waals surface area contributed by atoms with Crippen LogP contribution in [0.2, 0.25) is 0 Å². The van der Waals surface area contributed by atoms with Crippen LogP contribution in [-0.4, -0.2) is 38.4 Å². The van der Waals surface area contributed by atoms with Crippen molar-refractivity contribution in [1.82, 2.24) is 9.97 Å². The number of aliphatic carboxylic acids is 1. The lowest BCUT2D eigenvalue weighted by Crippen LogP contribution is -2.21. The number of nitrogens with zero attached hydrogens (tertiary/aromatic N) is 2. The van der Waals surface area contributed by atoms with Gasteiger partial charge in [0.2, 0.25) is 0 Å². The second kappa shape index (κ2) is 5.81. The number of carbonyl (C=O) groups is 1.